The molecular weight excluding hydrogens is 256 g/mol. The maximum atomic E-state index is 9.11. The molecular formula is C13H20N6O. The summed E-state index contributed by atoms with van der Waals surface area (Å²) in [5.74, 6) is 6.94. The number of aliphatic hydroxyl groups excluding tert-OH is 1. The second-order valence-electron chi connectivity index (χ2n) is 5.11. The van der Waals surface area contributed by atoms with Crippen molar-refractivity contribution in [1.82, 2.24) is 14.4 Å². The molecule has 0 unspecified atom stereocenters. The number of imidazole rings is 1. The average molecular weight is 276 g/mol. The van der Waals surface area contributed by atoms with E-state index >= 15 is 0 Å². The number of aromatic nitrogens is 3. The molecule has 20 heavy (non-hydrogen) atoms. The van der Waals surface area contributed by atoms with Gasteiger partial charge in [0.1, 0.15) is 0 Å². The molecule has 1 saturated carbocycles. The number of nitrogens with two attached hydrogens (primary N) is 1. The predicted octanol–water partition coefficient (Wildman–Crippen LogP) is 0.756. The molecule has 2 aromatic heterocycles. The van der Waals surface area contributed by atoms with Crippen LogP contribution in [0.3, 0.4) is 0 Å². The number of hydrazine groups is 1. The third-order valence-corrected chi connectivity index (χ3v) is 3.85. The lowest BCUT2D eigenvalue weighted by Crippen LogP contribution is -2.42. The molecule has 1 aliphatic carbocycles. The number of fused-ring (bicyclic) bond motifs is 1. The Morgan fingerprint density at radius 2 is 2.35 bits per heavy atom. The maximum Gasteiger partial charge on any atom is 0.180 e. The van der Waals surface area contributed by atoms with E-state index in [1.165, 1.54) is 19.3 Å². The van der Waals surface area contributed by atoms with Gasteiger partial charge in [0, 0.05) is 31.6 Å². The Labute approximate surface area is 117 Å². The van der Waals surface area contributed by atoms with Crippen LogP contribution in [0.4, 0.5) is 11.6 Å². The fraction of sp³-hybridized carbons (Fsp3) is 0.538. The molecule has 108 valence electrons. The van der Waals surface area contributed by atoms with E-state index in [-0.39, 0.29) is 6.61 Å². The van der Waals surface area contributed by atoms with Crippen LogP contribution in [-0.4, -0.2) is 38.7 Å². The maximum absolute atomic E-state index is 9.11. The lowest BCUT2D eigenvalue weighted by atomic mass is 9.91. The van der Waals surface area contributed by atoms with Crippen molar-refractivity contribution in [2.75, 3.05) is 23.5 Å². The van der Waals surface area contributed by atoms with Gasteiger partial charge in [0.15, 0.2) is 17.3 Å². The highest BCUT2D eigenvalue weighted by Gasteiger charge is 2.27. The van der Waals surface area contributed by atoms with Crippen LogP contribution in [0.25, 0.3) is 5.65 Å². The van der Waals surface area contributed by atoms with Crippen LogP contribution in [-0.2, 0) is 0 Å². The standard InChI is InChI=1S/C13H20N6O/c14-17-11-9-18-7-5-15-12(18)13(16-11)19(6-2-8-20)10-3-1-4-10/h5,7,9-10,17,20H,1-4,6,8,14H2. The zero-order valence-corrected chi connectivity index (χ0v) is 11.4. The van der Waals surface area contributed by atoms with E-state index < -0.39 is 0 Å². The summed E-state index contributed by atoms with van der Waals surface area (Å²) < 4.78 is 1.92. The van der Waals surface area contributed by atoms with E-state index in [2.05, 4.69) is 20.3 Å². The number of aliphatic hydroxyl groups is 1. The number of rotatable bonds is 6. The van der Waals surface area contributed by atoms with Gasteiger partial charge in [-0.2, -0.15) is 0 Å². The van der Waals surface area contributed by atoms with Gasteiger partial charge < -0.3 is 19.8 Å². The SMILES string of the molecule is NNc1cn2ccnc2c(N(CCCO)C2CCC2)n1. The lowest BCUT2D eigenvalue weighted by Gasteiger charge is -2.38. The van der Waals surface area contributed by atoms with Gasteiger partial charge in [-0.3, -0.25) is 0 Å². The summed E-state index contributed by atoms with van der Waals surface area (Å²) in [5, 5.41) is 9.11. The molecule has 2 heterocycles. The largest absolute Gasteiger partial charge is 0.396 e. The van der Waals surface area contributed by atoms with Crippen LogP contribution in [0.1, 0.15) is 25.7 Å². The summed E-state index contributed by atoms with van der Waals surface area (Å²) in [4.78, 5) is 11.2. The Bertz CT molecular complexity index is 579. The number of anilines is 2. The Balaban J connectivity index is 2.01. The quantitative estimate of drug-likeness (QED) is 0.533. The molecule has 0 aliphatic heterocycles. The number of hydrogen-bond donors (Lipinski definition) is 3. The summed E-state index contributed by atoms with van der Waals surface area (Å²) in [6.45, 7) is 0.966. The zero-order chi connectivity index (χ0) is 13.9. The monoisotopic (exact) mass is 276 g/mol. The molecule has 0 aromatic carbocycles. The Morgan fingerprint density at radius 3 is 3.00 bits per heavy atom. The highest BCUT2D eigenvalue weighted by atomic mass is 16.3. The van der Waals surface area contributed by atoms with Crippen molar-refractivity contribution in [3.05, 3.63) is 18.6 Å². The van der Waals surface area contributed by atoms with Gasteiger partial charge in [-0.25, -0.2) is 15.8 Å². The van der Waals surface area contributed by atoms with Crippen LogP contribution in [0.15, 0.2) is 18.6 Å². The van der Waals surface area contributed by atoms with Crippen molar-refractivity contribution < 1.29 is 5.11 Å². The Morgan fingerprint density at radius 1 is 1.50 bits per heavy atom. The number of nitrogens with zero attached hydrogens (tertiary/aromatic N) is 4. The highest BCUT2D eigenvalue weighted by Crippen LogP contribution is 2.31. The molecule has 0 amide bonds. The van der Waals surface area contributed by atoms with E-state index in [0.29, 0.717) is 11.9 Å². The van der Waals surface area contributed by atoms with E-state index in [1.807, 2.05) is 16.8 Å². The molecule has 2 aromatic rings. The zero-order valence-electron chi connectivity index (χ0n) is 11.4. The van der Waals surface area contributed by atoms with Gasteiger partial charge >= 0.3 is 0 Å². The first-order valence-corrected chi connectivity index (χ1v) is 7.01. The van der Waals surface area contributed by atoms with Crippen LogP contribution in [0.5, 0.6) is 0 Å². The predicted molar refractivity (Wildman–Crippen MR) is 77.5 cm³/mol. The second kappa shape index (κ2) is 5.64. The fourth-order valence-corrected chi connectivity index (χ4v) is 2.58. The third-order valence-electron chi connectivity index (χ3n) is 3.85. The molecule has 4 N–H and O–H groups in total. The number of nitrogens with one attached hydrogen (secondary N) is 1. The van der Waals surface area contributed by atoms with Gasteiger partial charge in [0.05, 0.1) is 6.20 Å². The Hall–Kier alpha value is -1.86. The molecule has 1 fully saturated rings. The van der Waals surface area contributed by atoms with Crippen LogP contribution in [0, 0.1) is 0 Å². The second-order valence-corrected chi connectivity index (χ2v) is 5.11. The number of hydrogen-bond acceptors (Lipinski definition) is 6. The molecule has 0 saturated heterocycles. The van der Waals surface area contributed by atoms with Crippen LogP contribution >= 0.6 is 0 Å². The first-order chi connectivity index (χ1) is 9.83. The summed E-state index contributed by atoms with van der Waals surface area (Å²) in [7, 11) is 0. The van der Waals surface area contributed by atoms with Crippen molar-refractivity contribution >= 4 is 17.3 Å². The van der Waals surface area contributed by atoms with Gasteiger partial charge in [-0.1, -0.05) is 0 Å². The van der Waals surface area contributed by atoms with E-state index in [1.54, 1.807) is 6.20 Å². The first kappa shape index (κ1) is 13.1. The minimum absolute atomic E-state index is 0.183. The molecule has 0 atom stereocenters. The van der Waals surface area contributed by atoms with Crippen LogP contribution < -0.4 is 16.2 Å². The lowest BCUT2D eigenvalue weighted by molar-refractivity contribution is 0.282. The molecule has 0 radical (unpaired) electrons. The third kappa shape index (κ3) is 2.30. The van der Waals surface area contributed by atoms with Crippen molar-refractivity contribution in [3.8, 4) is 0 Å². The molecule has 0 spiro atoms. The van der Waals surface area contributed by atoms with Gasteiger partial charge in [-0.05, 0) is 25.7 Å². The topological polar surface area (TPSA) is 91.7 Å². The van der Waals surface area contributed by atoms with Gasteiger partial charge in [-0.15, -0.1) is 0 Å². The van der Waals surface area contributed by atoms with Gasteiger partial charge in [0.25, 0.3) is 0 Å². The highest BCUT2D eigenvalue weighted by molar-refractivity contribution is 5.67. The van der Waals surface area contributed by atoms with Crippen LogP contribution in [0.2, 0.25) is 0 Å². The minimum Gasteiger partial charge on any atom is -0.396 e. The van der Waals surface area contributed by atoms with E-state index in [9.17, 15) is 0 Å². The smallest absolute Gasteiger partial charge is 0.180 e. The minimum atomic E-state index is 0.183. The summed E-state index contributed by atoms with van der Waals surface area (Å²) in [6, 6.07) is 0.488. The molecule has 0 bridgehead atoms. The molecule has 3 rings (SSSR count). The normalized spacial score (nSPS) is 15.3. The van der Waals surface area contributed by atoms with Gasteiger partial charge in [0.2, 0.25) is 0 Å². The average Bonchev–Trinajstić information content (AvgIpc) is 2.88. The van der Waals surface area contributed by atoms with E-state index in [0.717, 1.165) is 24.4 Å². The summed E-state index contributed by atoms with van der Waals surface area (Å²) >= 11 is 0. The summed E-state index contributed by atoms with van der Waals surface area (Å²) in [6.07, 6.45) is 9.76. The van der Waals surface area contributed by atoms with Crippen molar-refractivity contribution in [2.24, 2.45) is 5.84 Å². The Kier molecular flexibility index (Phi) is 3.70. The van der Waals surface area contributed by atoms with Crippen molar-refractivity contribution in [3.63, 3.8) is 0 Å². The van der Waals surface area contributed by atoms with E-state index in [4.69, 9.17) is 10.9 Å². The molecule has 7 heteroatoms. The molecule has 1 aliphatic rings. The summed E-state index contributed by atoms with van der Waals surface area (Å²) in [5.41, 5.74) is 3.43. The number of nitrogen functional groups attached to an aromatic ring is 1. The van der Waals surface area contributed by atoms with Crippen molar-refractivity contribution in [1.29, 1.82) is 0 Å². The first-order valence-electron chi connectivity index (χ1n) is 7.01. The fourth-order valence-electron chi connectivity index (χ4n) is 2.58. The van der Waals surface area contributed by atoms with Crippen molar-refractivity contribution in [2.45, 2.75) is 31.7 Å². The molecule has 7 nitrogen and oxygen atoms in total.